The number of halogens is 3. The first kappa shape index (κ1) is 14.6. The second-order valence-corrected chi connectivity index (χ2v) is 5.02. The largest absolute Gasteiger partial charge is 0.478 e. The van der Waals surface area contributed by atoms with Gasteiger partial charge in [0.15, 0.2) is 0 Å². The molecular weight excluding hydrogens is 304 g/mol. The van der Waals surface area contributed by atoms with Crippen LogP contribution in [0.15, 0.2) is 30.3 Å². The minimum atomic E-state index is -1.00. The Hall–Kier alpha value is -1.78. The molecule has 104 valence electrons. The van der Waals surface area contributed by atoms with E-state index in [4.69, 9.17) is 28.3 Å². The quantitative estimate of drug-likeness (QED) is 0.848. The zero-order valence-electron chi connectivity index (χ0n) is 10.4. The van der Waals surface area contributed by atoms with E-state index >= 15 is 0 Å². The zero-order chi connectivity index (χ0) is 14.9. The molecule has 0 saturated carbocycles. The number of hydrogen-bond acceptors (Lipinski definition) is 2. The van der Waals surface area contributed by atoms with Gasteiger partial charge in [0.25, 0.3) is 0 Å². The van der Waals surface area contributed by atoms with E-state index in [2.05, 4.69) is 5.32 Å². The molecule has 0 aliphatic rings. The fraction of sp³-hybridized carbons (Fsp3) is 0.0714. The van der Waals surface area contributed by atoms with Crippen LogP contribution >= 0.6 is 23.2 Å². The second kappa shape index (κ2) is 5.69. The van der Waals surface area contributed by atoms with Gasteiger partial charge in [-0.05, 0) is 42.8 Å². The third kappa shape index (κ3) is 3.03. The number of carboxylic acid groups (broad SMARTS) is 1. The van der Waals surface area contributed by atoms with Crippen LogP contribution in [-0.4, -0.2) is 11.1 Å². The molecule has 0 amide bonds. The van der Waals surface area contributed by atoms with E-state index in [1.807, 2.05) is 0 Å². The fourth-order valence-corrected chi connectivity index (χ4v) is 2.29. The maximum atomic E-state index is 13.1. The zero-order valence-corrected chi connectivity index (χ0v) is 11.9. The molecule has 0 bridgehead atoms. The molecule has 0 aromatic heterocycles. The third-order valence-electron chi connectivity index (χ3n) is 2.74. The number of aromatic carboxylic acids is 1. The van der Waals surface area contributed by atoms with Gasteiger partial charge in [-0.2, -0.15) is 0 Å². The average Bonchev–Trinajstić information content (AvgIpc) is 2.34. The van der Waals surface area contributed by atoms with Crippen LogP contribution in [0.1, 0.15) is 15.9 Å². The number of nitrogens with one attached hydrogen (secondary N) is 1. The highest BCUT2D eigenvalue weighted by Gasteiger charge is 2.11. The van der Waals surface area contributed by atoms with E-state index in [9.17, 15) is 9.18 Å². The summed E-state index contributed by atoms with van der Waals surface area (Å²) >= 11 is 11.9. The van der Waals surface area contributed by atoms with Crippen molar-refractivity contribution in [1.29, 1.82) is 0 Å². The Bertz CT molecular complexity index is 666. The number of rotatable bonds is 3. The van der Waals surface area contributed by atoms with Gasteiger partial charge >= 0.3 is 5.97 Å². The number of anilines is 2. The lowest BCUT2D eigenvalue weighted by molar-refractivity contribution is 0.0697. The van der Waals surface area contributed by atoms with Crippen LogP contribution in [-0.2, 0) is 0 Å². The van der Waals surface area contributed by atoms with Crippen molar-refractivity contribution in [3.8, 4) is 0 Å². The first-order chi connectivity index (χ1) is 9.38. The molecule has 3 nitrogen and oxygen atoms in total. The molecule has 20 heavy (non-hydrogen) atoms. The minimum Gasteiger partial charge on any atom is -0.478 e. The smallest absolute Gasteiger partial charge is 0.335 e. The minimum absolute atomic E-state index is 0.150. The van der Waals surface area contributed by atoms with Gasteiger partial charge in [-0.3, -0.25) is 0 Å². The van der Waals surface area contributed by atoms with E-state index in [1.54, 1.807) is 13.0 Å². The molecule has 0 aliphatic carbocycles. The van der Waals surface area contributed by atoms with Crippen molar-refractivity contribution in [3.63, 3.8) is 0 Å². The first-order valence-corrected chi connectivity index (χ1v) is 6.39. The highest BCUT2D eigenvalue weighted by Crippen LogP contribution is 2.34. The van der Waals surface area contributed by atoms with Crippen LogP contribution in [0.4, 0.5) is 15.8 Å². The van der Waals surface area contributed by atoms with Crippen LogP contribution in [0.5, 0.6) is 0 Å². The lowest BCUT2D eigenvalue weighted by atomic mass is 10.1. The molecule has 2 aromatic carbocycles. The normalized spacial score (nSPS) is 10.4. The topological polar surface area (TPSA) is 49.3 Å². The Morgan fingerprint density at radius 3 is 2.30 bits per heavy atom. The van der Waals surface area contributed by atoms with E-state index in [0.717, 1.165) is 12.1 Å². The monoisotopic (exact) mass is 313 g/mol. The molecule has 2 N–H and O–H groups in total. The molecule has 6 heteroatoms. The Morgan fingerprint density at radius 1 is 1.20 bits per heavy atom. The molecule has 0 saturated heterocycles. The van der Waals surface area contributed by atoms with Crippen LogP contribution in [0.25, 0.3) is 0 Å². The van der Waals surface area contributed by atoms with Crippen LogP contribution in [0.3, 0.4) is 0 Å². The van der Waals surface area contributed by atoms with Gasteiger partial charge in [-0.15, -0.1) is 0 Å². The Morgan fingerprint density at radius 2 is 1.80 bits per heavy atom. The SMILES string of the molecule is Cc1cc(C(=O)O)ccc1Nc1c(Cl)cc(F)cc1Cl. The van der Waals surface area contributed by atoms with Gasteiger partial charge in [0.1, 0.15) is 5.82 Å². The fourth-order valence-electron chi connectivity index (χ4n) is 1.73. The Kier molecular flexibility index (Phi) is 4.16. The van der Waals surface area contributed by atoms with E-state index < -0.39 is 11.8 Å². The molecule has 2 aromatic rings. The highest BCUT2D eigenvalue weighted by atomic mass is 35.5. The number of carboxylic acids is 1. The predicted molar refractivity (Wildman–Crippen MR) is 77.8 cm³/mol. The van der Waals surface area contributed by atoms with Crippen molar-refractivity contribution in [1.82, 2.24) is 0 Å². The second-order valence-electron chi connectivity index (χ2n) is 4.20. The summed E-state index contributed by atoms with van der Waals surface area (Å²) in [6, 6.07) is 6.89. The van der Waals surface area contributed by atoms with Gasteiger partial charge in [-0.1, -0.05) is 23.2 Å². The molecule has 2 rings (SSSR count). The van der Waals surface area contributed by atoms with Crippen molar-refractivity contribution < 1.29 is 14.3 Å². The molecule has 0 fully saturated rings. The van der Waals surface area contributed by atoms with Crippen molar-refractivity contribution in [2.75, 3.05) is 5.32 Å². The molecule has 0 heterocycles. The Labute approximate surface area is 124 Å². The molecule has 0 aliphatic heterocycles. The third-order valence-corrected chi connectivity index (χ3v) is 3.34. The van der Waals surface area contributed by atoms with Crippen LogP contribution in [0, 0.1) is 12.7 Å². The summed E-state index contributed by atoms with van der Waals surface area (Å²) in [5.41, 5.74) is 1.91. The number of hydrogen-bond donors (Lipinski definition) is 2. The van der Waals surface area contributed by atoms with Gasteiger partial charge in [-0.25, -0.2) is 9.18 Å². The van der Waals surface area contributed by atoms with Crippen molar-refractivity contribution in [3.05, 3.63) is 57.3 Å². The van der Waals surface area contributed by atoms with Gasteiger partial charge in [0, 0.05) is 5.69 Å². The molecule has 0 unspecified atom stereocenters. The first-order valence-electron chi connectivity index (χ1n) is 5.64. The van der Waals surface area contributed by atoms with Gasteiger partial charge in [0.2, 0.25) is 0 Å². The van der Waals surface area contributed by atoms with Crippen LogP contribution in [0.2, 0.25) is 10.0 Å². The Balaban J connectivity index is 2.38. The van der Waals surface area contributed by atoms with Gasteiger partial charge in [0.05, 0.1) is 21.3 Å². The molecule has 0 radical (unpaired) electrons. The lowest BCUT2D eigenvalue weighted by Gasteiger charge is -2.13. The summed E-state index contributed by atoms with van der Waals surface area (Å²) in [6.45, 7) is 1.75. The average molecular weight is 314 g/mol. The van der Waals surface area contributed by atoms with Crippen LogP contribution < -0.4 is 5.32 Å². The summed E-state index contributed by atoms with van der Waals surface area (Å²) < 4.78 is 13.1. The maximum Gasteiger partial charge on any atom is 0.335 e. The number of aryl methyl sites for hydroxylation is 1. The van der Waals surface area contributed by atoms with E-state index in [0.29, 0.717) is 16.9 Å². The molecule has 0 atom stereocenters. The predicted octanol–water partition coefficient (Wildman–Crippen LogP) is 4.88. The summed E-state index contributed by atoms with van der Waals surface area (Å²) in [5.74, 6) is -1.53. The lowest BCUT2D eigenvalue weighted by Crippen LogP contribution is -2.00. The number of carbonyl (C=O) groups is 1. The highest BCUT2D eigenvalue weighted by molar-refractivity contribution is 6.39. The van der Waals surface area contributed by atoms with Crippen molar-refractivity contribution in [2.45, 2.75) is 6.92 Å². The summed E-state index contributed by atoms with van der Waals surface area (Å²) in [6.07, 6.45) is 0. The van der Waals surface area contributed by atoms with Crippen molar-refractivity contribution >= 4 is 40.5 Å². The maximum absolute atomic E-state index is 13.1. The summed E-state index contributed by atoms with van der Waals surface area (Å²) in [4.78, 5) is 10.9. The molecule has 0 spiro atoms. The molecular formula is C14H10Cl2FNO2. The standard InChI is InChI=1S/C14H10Cl2FNO2/c1-7-4-8(14(19)20)2-3-12(7)18-13-10(15)5-9(17)6-11(13)16/h2-6,18H,1H3,(H,19,20). The number of benzene rings is 2. The van der Waals surface area contributed by atoms with Gasteiger partial charge < -0.3 is 10.4 Å². The summed E-state index contributed by atoms with van der Waals surface area (Å²) in [7, 11) is 0. The van der Waals surface area contributed by atoms with E-state index in [1.165, 1.54) is 12.1 Å². The van der Waals surface area contributed by atoms with E-state index in [-0.39, 0.29) is 15.6 Å². The summed E-state index contributed by atoms with van der Waals surface area (Å²) in [5, 5.41) is 12.2. The van der Waals surface area contributed by atoms with Crippen molar-refractivity contribution in [2.24, 2.45) is 0 Å².